The first kappa shape index (κ1) is 13.6. The Balaban J connectivity index is 1.99. The van der Waals surface area contributed by atoms with Crippen LogP contribution in [0.3, 0.4) is 0 Å². The second-order valence-electron chi connectivity index (χ2n) is 5.94. The number of likely N-dealkylation sites (tertiary alicyclic amines) is 1. The molecule has 3 atom stereocenters. The smallest absolute Gasteiger partial charge is 0.0427 e. The van der Waals surface area contributed by atoms with E-state index in [1.165, 1.54) is 30.5 Å². The van der Waals surface area contributed by atoms with E-state index in [9.17, 15) is 0 Å². The predicted molar refractivity (Wildman–Crippen MR) is 77.5 cm³/mol. The first-order chi connectivity index (χ1) is 8.58. The van der Waals surface area contributed by atoms with Gasteiger partial charge in [-0.25, -0.2) is 0 Å². The molecule has 0 amide bonds. The van der Waals surface area contributed by atoms with Crippen LogP contribution in [0.25, 0.3) is 0 Å². The molecule has 0 aromatic heterocycles. The van der Waals surface area contributed by atoms with E-state index in [1.807, 2.05) is 0 Å². The van der Waals surface area contributed by atoms with Crippen molar-refractivity contribution in [1.29, 1.82) is 0 Å². The quantitative estimate of drug-likeness (QED) is 0.888. The number of hydrogen-bond donors (Lipinski definition) is 1. The molecule has 100 valence electrons. The molecule has 3 unspecified atom stereocenters. The van der Waals surface area contributed by atoms with Gasteiger partial charge in [0.05, 0.1) is 0 Å². The van der Waals surface area contributed by atoms with E-state index in [0.29, 0.717) is 6.04 Å². The zero-order valence-corrected chi connectivity index (χ0v) is 11.9. The molecule has 1 aromatic carbocycles. The van der Waals surface area contributed by atoms with Gasteiger partial charge in [0.1, 0.15) is 0 Å². The molecular formula is C16H26N2. The third-order valence-corrected chi connectivity index (χ3v) is 4.30. The fourth-order valence-corrected chi connectivity index (χ4v) is 3.08. The van der Waals surface area contributed by atoms with Gasteiger partial charge < -0.3 is 5.73 Å². The molecule has 18 heavy (non-hydrogen) atoms. The maximum atomic E-state index is 6.38. The summed E-state index contributed by atoms with van der Waals surface area (Å²) in [6, 6.07) is 9.29. The lowest BCUT2D eigenvalue weighted by Gasteiger charge is -2.38. The molecule has 1 aliphatic rings. The number of nitrogens with two attached hydrogens (primary N) is 1. The number of rotatable bonds is 3. The monoisotopic (exact) mass is 246 g/mol. The summed E-state index contributed by atoms with van der Waals surface area (Å²) in [6.07, 6.45) is 2.62. The molecule has 1 heterocycles. The Morgan fingerprint density at radius 3 is 2.72 bits per heavy atom. The molecule has 0 spiro atoms. The van der Waals surface area contributed by atoms with Crippen molar-refractivity contribution in [3.63, 3.8) is 0 Å². The third kappa shape index (κ3) is 3.12. The highest BCUT2D eigenvalue weighted by Gasteiger charge is 2.24. The van der Waals surface area contributed by atoms with Crippen molar-refractivity contribution in [3.05, 3.63) is 35.4 Å². The van der Waals surface area contributed by atoms with Crippen LogP contribution in [0.1, 0.15) is 43.9 Å². The molecule has 0 aliphatic carbocycles. The summed E-state index contributed by atoms with van der Waals surface area (Å²) in [4.78, 5) is 2.55. The zero-order valence-electron chi connectivity index (χ0n) is 11.9. The normalized spacial score (nSPS) is 27.1. The van der Waals surface area contributed by atoms with Crippen LogP contribution in [0, 0.1) is 12.8 Å². The topological polar surface area (TPSA) is 29.3 Å². The molecule has 1 fully saturated rings. The van der Waals surface area contributed by atoms with Crippen molar-refractivity contribution in [1.82, 2.24) is 4.90 Å². The van der Waals surface area contributed by atoms with Gasteiger partial charge in [0.2, 0.25) is 0 Å². The maximum Gasteiger partial charge on any atom is 0.0427 e. The van der Waals surface area contributed by atoms with Crippen LogP contribution in [0.4, 0.5) is 0 Å². The molecule has 2 heteroatoms. The molecule has 0 radical (unpaired) electrons. The Kier molecular flexibility index (Phi) is 4.41. The minimum atomic E-state index is 0.141. The average Bonchev–Trinajstić information content (AvgIpc) is 2.33. The molecule has 1 aliphatic heterocycles. The first-order valence-corrected chi connectivity index (χ1v) is 7.13. The first-order valence-electron chi connectivity index (χ1n) is 7.13. The summed E-state index contributed by atoms with van der Waals surface area (Å²) >= 11 is 0. The fraction of sp³-hybridized carbons (Fsp3) is 0.625. The van der Waals surface area contributed by atoms with Gasteiger partial charge in [0.15, 0.2) is 0 Å². The summed E-state index contributed by atoms with van der Waals surface area (Å²) < 4.78 is 0. The maximum absolute atomic E-state index is 6.38. The van der Waals surface area contributed by atoms with Crippen LogP contribution in [0.2, 0.25) is 0 Å². The van der Waals surface area contributed by atoms with Crippen molar-refractivity contribution in [2.24, 2.45) is 11.7 Å². The zero-order chi connectivity index (χ0) is 13.1. The van der Waals surface area contributed by atoms with Crippen LogP contribution in [0.15, 0.2) is 24.3 Å². The lowest BCUT2D eigenvalue weighted by Crippen LogP contribution is -2.43. The van der Waals surface area contributed by atoms with E-state index in [4.69, 9.17) is 5.73 Å². The second-order valence-corrected chi connectivity index (χ2v) is 5.94. The Labute approximate surface area is 111 Å². The van der Waals surface area contributed by atoms with E-state index in [-0.39, 0.29) is 6.04 Å². The van der Waals surface area contributed by atoms with Crippen LogP contribution in [0.5, 0.6) is 0 Å². The standard InChI is InChI=1S/C16H26N2/c1-12-8-9-18(14(3)10-12)11-16(17)15-7-5-4-6-13(15)2/h4-7,12,14,16H,8-11,17H2,1-3H3. The van der Waals surface area contributed by atoms with Crippen molar-refractivity contribution in [2.45, 2.75) is 45.7 Å². The Bertz CT molecular complexity index is 388. The Morgan fingerprint density at radius 2 is 2.06 bits per heavy atom. The van der Waals surface area contributed by atoms with Crippen LogP contribution >= 0.6 is 0 Å². The summed E-state index contributed by atoms with van der Waals surface area (Å²) in [7, 11) is 0. The highest BCUT2D eigenvalue weighted by Crippen LogP contribution is 2.24. The number of hydrogen-bond acceptors (Lipinski definition) is 2. The van der Waals surface area contributed by atoms with Crippen molar-refractivity contribution >= 4 is 0 Å². The summed E-state index contributed by atoms with van der Waals surface area (Å²) in [6.45, 7) is 9.02. The van der Waals surface area contributed by atoms with Crippen LogP contribution < -0.4 is 5.73 Å². The van der Waals surface area contributed by atoms with Gasteiger partial charge in [-0.2, -0.15) is 0 Å². The predicted octanol–water partition coefficient (Wildman–Crippen LogP) is 3.12. The number of benzene rings is 1. The molecule has 2 rings (SSSR count). The van der Waals surface area contributed by atoms with E-state index in [1.54, 1.807) is 0 Å². The summed E-state index contributed by atoms with van der Waals surface area (Å²) in [5, 5.41) is 0. The SMILES string of the molecule is Cc1ccccc1C(N)CN1CCC(C)CC1C. The molecular weight excluding hydrogens is 220 g/mol. The van der Waals surface area contributed by atoms with Crippen molar-refractivity contribution in [3.8, 4) is 0 Å². The molecule has 2 N–H and O–H groups in total. The van der Waals surface area contributed by atoms with Gasteiger partial charge in [-0.05, 0) is 50.3 Å². The summed E-state index contributed by atoms with van der Waals surface area (Å²) in [5.74, 6) is 0.867. The van der Waals surface area contributed by atoms with Crippen LogP contribution in [-0.2, 0) is 0 Å². The largest absolute Gasteiger partial charge is 0.323 e. The second kappa shape index (κ2) is 5.85. The van der Waals surface area contributed by atoms with Gasteiger partial charge in [-0.3, -0.25) is 4.90 Å². The van der Waals surface area contributed by atoms with Gasteiger partial charge in [-0.15, -0.1) is 0 Å². The molecule has 0 saturated carbocycles. The third-order valence-electron chi connectivity index (χ3n) is 4.30. The minimum Gasteiger partial charge on any atom is -0.323 e. The van der Waals surface area contributed by atoms with E-state index in [2.05, 4.69) is 49.9 Å². The number of nitrogens with zero attached hydrogens (tertiary/aromatic N) is 1. The lowest BCUT2D eigenvalue weighted by atomic mass is 9.92. The minimum absolute atomic E-state index is 0.141. The van der Waals surface area contributed by atoms with E-state index in [0.717, 1.165) is 12.5 Å². The van der Waals surface area contributed by atoms with Gasteiger partial charge in [0, 0.05) is 18.6 Å². The molecule has 1 saturated heterocycles. The fourth-order valence-electron chi connectivity index (χ4n) is 3.08. The van der Waals surface area contributed by atoms with Crippen LogP contribution in [-0.4, -0.2) is 24.0 Å². The molecule has 2 nitrogen and oxygen atoms in total. The van der Waals surface area contributed by atoms with Gasteiger partial charge in [0.25, 0.3) is 0 Å². The van der Waals surface area contributed by atoms with Gasteiger partial charge >= 0.3 is 0 Å². The summed E-state index contributed by atoms with van der Waals surface area (Å²) in [5.41, 5.74) is 8.98. The van der Waals surface area contributed by atoms with E-state index >= 15 is 0 Å². The Morgan fingerprint density at radius 1 is 1.33 bits per heavy atom. The average molecular weight is 246 g/mol. The van der Waals surface area contributed by atoms with E-state index < -0.39 is 0 Å². The number of piperidine rings is 1. The highest BCUT2D eigenvalue weighted by atomic mass is 15.2. The van der Waals surface area contributed by atoms with Crippen molar-refractivity contribution < 1.29 is 0 Å². The number of aryl methyl sites for hydroxylation is 1. The Hall–Kier alpha value is -0.860. The van der Waals surface area contributed by atoms with Crippen molar-refractivity contribution in [2.75, 3.05) is 13.1 Å². The molecule has 1 aromatic rings. The lowest BCUT2D eigenvalue weighted by molar-refractivity contribution is 0.122. The van der Waals surface area contributed by atoms with Gasteiger partial charge in [-0.1, -0.05) is 31.2 Å². The molecule has 0 bridgehead atoms. The highest BCUT2D eigenvalue weighted by molar-refractivity contribution is 5.28.